The second-order valence-electron chi connectivity index (χ2n) is 7.38. The molecule has 0 radical (unpaired) electrons. The molecule has 1 spiro atoms. The van der Waals surface area contributed by atoms with Crippen molar-refractivity contribution in [2.24, 2.45) is 5.41 Å². The molecule has 1 aromatic rings. The van der Waals surface area contributed by atoms with E-state index in [1.807, 2.05) is 13.8 Å². The van der Waals surface area contributed by atoms with Gasteiger partial charge < -0.3 is 20.4 Å². The zero-order chi connectivity index (χ0) is 18.0. The Balaban J connectivity index is 1.75. The molecule has 1 aromatic heterocycles. The predicted molar refractivity (Wildman–Crippen MR) is 96.6 cm³/mol. The van der Waals surface area contributed by atoms with Crippen LogP contribution >= 0.6 is 0 Å². The SMILES string of the molecule is CCO[C@H]1C[C@@H](NC(=O)c2c(NC(C)=O)c[nH]c2C)C12CCCCC2. The van der Waals surface area contributed by atoms with Crippen LogP contribution in [0.15, 0.2) is 6.20 Å². The smallest absolute Gasteiger partial charge is 0.255 e. The Morgan fingerprint density at radius 3 is 2.68 bits per heavy atom. The van der Waals surface area contributed by atoms with Crippen molar-refractivity contribution in [3.63, 3.8) is 0 Å². The van der Waals surface area contributed by atoms with Gasteiger partial charge in [0, 0.05) is 36.9 Å². The van der Waals surface area contributed by atoms with Crippen molar-refractivity contribution in [3.05, 3.63) is 17.5 Å². The van der Waals surface area contributed by atoms with Gasteiger partial charge in [-0.05, 0) is 33.1 Å². The van der Waals surface area contributed by atoms with Crippen molar-refractivity contribution in [2.45, 2.75) is 71.4 Å². The molecule has 0 saturated heterocycles. The van der Waals surface area contributed by atoms with Gasteiger partial charge in [0.1, 0.15) is 0 Å². The first-order valence-electron chi connectivity index (χ1n) is 9.36. The zero-order valence-electron chi connectivity index (χ0n) is 15.4. The lowest BCUT2D eigenvalue weighted by molar-refractivity contribution is -0.146. The molecule has 0 aliphatic heterocycles. The van der Waals surface area contributed by atoms with E-state index in [9.17, 15) is 9.59 Å². The number of carbonyl (C=O) groups excluding carboxylic acids is 2. The van der Waals surface area contributed by atoms with Crippen molar-refractivity contribution in [1.29, 1.82) is 0 Å². The molecule has 2 aliphatic rings. The molecule has 0 bridgehead atoms. The molecule has 1 heterocycles. The predicted octanol–water partition coefficient (Wildman–Crippen LogP) is 3.14. The first kappa shape index (κ1) is 18.0. The largest absolute Gasteiger partial charge is 0.378 e. The van der Waals surface area contributed by atoms with Crippen LogP contribution in [0.25, 0.3) is 0 Å². The number of aromatic nitrogens is 1. The number of hydrogen-bond donors (Lipinski definition) is 3. The van der Waals surface area contributed by atoms with Crippen LogP contribution in [0.2, 0.25) is 0 Å². The molecular formula is C19H29N3O3. The standard InChI is InChI=1S/C19H29N3O3/c1-4-25-16-10-15(19(16)8-6-5-7-9-19)22-18(24)17-12(2)20-11-14(17)21-13(3)23/h11,15-16,20H,4-10H2,1-3H3,(H,21,23)(H,22,24)/t15-,16+/m1/s1. The maximum Gasteiger partial charge on any atom is 0.255 e. The summed E-state index contributed by atoms with van der Waals surface area (Å²) >= 11 is 0. The van der Waals surface area contributed by atoms with E-state index in [1.54, 1.807) is 6.20 Å². The van der Waals surface area contributed by atoms with E-state index in [4.69, 9.17) is 4.74 Å². The lowest BCUT2D eigenvalue weighted by Gasteiger charge is -2.57. The van der Waals surface area contributed by atoms with Gasteiger partial charge >= 0.3 is 0 Å². The average Bonchev–Trinajstić information content (AvgIpc) is 2.94. The van der Waals surface area contributed by atoms with Crippen LogP contribution < -0.4 is 10.6 Å². The third kappa shape index (κ3) is 3.32. The number of anilines is 1. The normalized spacial score (nSPS) is 24.6. The van der Waals surface area contributed by atoms with Gasteiger partial charge in [0.25, 0.3) is 5.91 Å². The fourth-order valence-corrected chi connectivity index (χ4v) is 4.60. The van der Waals surface area contributed by atoms with E-state index in [1.165, 1.54) is 26.2 Å². The number of ether oxygens (including phenoxy) is 1. The first-order valence-corrected chi connectivity index (χ1v) is 9.36. The number of aromatic amines is 1. The lowest BCUT2D eigenvalue weighted by atomic mass is 9.55. The quantitative estimate of drug-likeness (QED) is 0.765. The molecule has 2 saturated carbocycles. The Morgan fingerprint density at radius 2 is 2.04 bits per heavy atom. The molecule has 2 aliphatic carbocycles. The first-order chi connectivity index (χ1) is 12.0. The molecule has 2 atom stereocenters. The molecule has 6 heteroatoms. The molecule has 2 fully saturated rings. The summed E-state index contributed by atoms with van der Waals surface area (Å²) in [6.07, 6.45) is 8.72. The minimum absolute atomic E-state index is 0.0856. The third-order valence-corrected chi connectivity index (χ3v) is 5.86. The van der Waals surface area contributed by atoms with Gasteiger partial charge in [0.15, 0.2) is 0 Å². The minimum atomic E-state index is -0.183. The summed E-state index contributed by atoms with van der Waals surface area (Å²) in [5, 5.41) is 5.96. The van der Waals surface area contributed by atoms with E-state index in [0.29, 0.717) is 11.3 Å². The maximum atomic E-state index is 12.9. The molecule has 6 nitrogen and oxygen atoms in total. The highest BCUT2D eigenvalue weighted by Crippen LogP contribution is 2.53. The summed E-state index contributed by atoms with van der Waals surface area (Å²) in [6.45, 7) is 6.04. The minimum Gasteiger partial charge on any atom is -0.378 e. The molecule has 2 amide bonds. The fraction of sp³-hybridized carbons (Fsp3) is 0.684. The highest BCUT2D eigenvalue weighted by atomic mass is 16.5. The van der Waals surface area contributed by atoms with Gasteiger partial charge in [-0.2, -0.15) is 0 Å². The molecule has 0 aromatic carbocycles. The molecular weight excluding hydrogens is 318 g/mol. The molecule has 3 rings (SSSR count). The van der Waals surface area contributed by atoms with Crippen molar-refractivity contribution in [2.75, 3.05) is 11.9 Å². The summed E-state index contributed by atoms with van der Waals surface area (Å²) in [4.78, 5) is 27.3. The van der Waals surface area contributed by atoms with Crippen LogP contribution in [0.4, 0.5) is 5.69 Å². The highest BCUT2D eigenvalue weighted by Gasteiger charge is 2.56. The van der Waals surface area contributed by atoms with Gasteiger partial charge in [0.2, 0.25) is 5.91 Å². The Bertz CT molecular complexity index is 646. The number of amides is 2. The van der Waals surface area contributed by atoms with E-state index >= 15 is 0 Å². The number of hydrogen-bond acceptors (Lipinski definition) is 3. The van der Waals surface area contributed by atoms with E-state index < -0.39 is 0 Å². The van der Waals surface area contributed by atoms with Gasteiger partial charge in [-0.25, -0.2) is 0 Å². The molecule has 25 heavy (non-hydrogen) atoms. The Hall–Kier alpha value is -1.82. The second kappa shape index (κ2) is 7.20. The van der Waals surface area contributed by atoms with Gasteiger partial charge in [0.05, 0.1) is 17.4 Å². The van der Waals surface area contributed by atoms with Gasteiger partial charge in [-0.3, -0.25) is 9.59 Å². The summed E-state index contributed by atoms with van der Waals surface area (Å²) in [6, 6.07) is 0.149. The number of nitrogens with one attached hydrogen (secondary N) is 3. The van der Waals surface area contributed by atoms with Crippen LogP contribution in [-0.2, 0) is 9.53 Å². The Labute approximate surface area is 149 Å². The van der Waals surface area contributed by atoms with Crippen LogP contribution in [0.1, 0.15) is 68.4 Å². The van der Waals surface area contributed by atoms with Crippen molar-refractivity contribution in [3.8, 4) is 0 Å². The summed E-state index contributed by atoms with van der Waals surface area (Å²) in [5.41, 5.74) is 1.92. The Morgan fingerprint density at radius 1 is 1.32 bits per heavy atom. The molecule has 3 N–H and O–H groups in total. The monoisotopic (exact) mass is 347 g/mol. The number of H-pyrrole nitrogens is 1. The third-order valence-electron chi connectivity index (χ3n) is 5.86. The number of carbonyl (C=O) groups is 2. The fourth-order valence-electron chi connectivity index (χ4n) is 4.60. The maximum absolute atomic E-state index is 12.9. The van der Waals surface area contributed by atoms with Crippen LogP contribution in [0, 0.1) is 12.3 Å². The van der Waals surface area contributed by atoms with Crippen LogP contribution in [-0.4, -0.2) is 35.6 Å². The summed E-state index contributed by atoms with van der Waals surface area (Å²) in [7, 11) is 0. The number of aryl methyl sites for hydroxylation is 1. The molecule has 0 unspecified atom stereocenters. The summed E-state index contributed by atoms with van der Waals surface area (Å²) in [5.74, 6) is -0.302. The van der Waals surface area contributed by atoms with Gasteiger partial charge in [-0.15, -0.1) is 0 Å². The van der Waals surface area contributed by atoms with Crippen molar-refractivity contribution in [1.82, 2.24) is 10.3 Å². The topological polar surface area (TPSA) is 83.2 Å². The van der Waals surface area contributed by atoms with Crippen LogP contribution in [0.3, 0.4) is 0 Å². The zero-order valence-corrected chi connectivity index (χ0v) is 15.4. The van der Waals surface area contributed by atoms with E-state index in [2.05, 4.69) is 15.6 Å². The van der Waals surface area contributed by atoms with E-state index in [0.717, 1.165) is 31.6 Å². The molecule has 138 valence electrons. The Kier molecular flexibility index (Phi) is 5.18. The van der Waals surface area contributed by atoms with Crippen LogP contribution in [0.5, 0.6) is 0 Å². The van der Waals surface area contributed by atoms with Crippen molar-refractivity contribution >= 4 is 17.5 Å². The number of rotatable bonds is 5. The van der Waals surface area contributed by atoms with E-state index in [-0.39, 0.29) is 29.4 Å². The lowest BCUT2D eigenvalue weighted by Crippen LogP contribution is -2.65. The average molecular weight is 347 g/mol. The summed E-state index contributed by atoms with van der Waals surface area (Å²) < 4.78 is 5.96. The van der Waals surface area contributed by atoms with Gasteiger partial charge in [-0.1, -0.05) is 19.3 Å². The highest BCUT2D eigenvalue weighted by molar-refractivity contribution is 6.04. The van der Waals surface area contributed by atoms with Crippen molar-refractivity contribution < 1.29 is 14.3 Å². The second-order valence-corrected chi connectivity index (χ2v) is 7.38.